The molecule has 4 N–H and O–H groups in total. The van der Waals surface area contributed by atoms with Gasteiger partial charge in [-0.1, -0.05) is 33.6 Å². The van der Waals surface area contributed by atoms with Gasteiger partial charge in [-0.15, -0.1) is 0 Å². The van der Waals surface area contributed by atoms with Gasteiger partial charge in [0, 0.05) is 45.4 Å². The largest absolute Gasteiger partial charge is 0.481 e. The van der Waals surface area contributed by atoms with Crippen molar-refractivity contribution >= 4 is 29.6 Å². The van der Waals surface area contributed by atoms with Gasteiger partial charge in [0.25, 0.3) is 0 Å². The minimum Gasteiger partial charge on any atom is -0.481 e. The molecule has 3 rings (SSSR count). The topological polar surface area (TPSA) is 167 Å². The standard InChI is InChI=1S/C38H67N5O8/c1-25(2)19-21-42(33(45)24-43(22-20-34(46)47)36(48)29-12-10-14-31(50-6)35(29)51-7)23-32(44)38(4,5)41-28-17-15-27(16-18-28)39-37(49)40-30-13-9-8-11-26(30)3/h25-31,35,41H,8-24H2,1-7H3,(H,46,47)(H2,39,40,49). The van der Waals surface area contributed by atoms with Crippen molar-refractivity contribution in [2.45, 2.75) is 154 Å². The van der Waals surface area contributed by atoms with Gasteiger partial charge in [0.1, 0.15) is 0 Å². The van der Waals surface area contributed by atoms with E-state index in [9.17, 15) is 29.1 Å². The number of rotatable bonds is 18. The van der Waals surface area contributed by atoms with Crippen molar-refractivity contribution in [3.8, 4) is 0 Å². The van der Waals surface area contributed by atoms with Crippen LogP contribution in [0.1, 0.15) is 118 Å². The lowest BCUT2D eigenvalue weighted by Gasteiger charge is -2.38. The quantitative estimate of drug-likeness (QED) is 0.163. The number of carbonyl (C=O) groups is 5. The minimum atomic E-state index is -1.07. The number of carboxylic acids is 1. The molecule has 292 valence electrons. The van der Waals surface area contributed by atoms with Crippen LogP contribution in [-0.2, 0) is 28.7 Å². The van der Waals surface area contributed by atoms with Crippen molar-refractivity contribution in [3.05, 3.63) is 0 Å². The Morgan fingerprint density at radius 3 is 2.08 bits per heavy atom. The van der Waals surface area contributed by atoms with Gasteiger partial charge in [0.2, 0.25) is 11.8 Å². The van der Waals surface area contributed by atoms with Crippen molar-refractivity contribution < 1.29 is 38.6 Å². The zero-order chi connectivity index (χ0) is 37.7. The number of hydrogen-bond donors (Lipinski definition) is 4. The lowest BCUT2D eigenvalue weighted by molar-refractivity contribution is -0.155. The summed E-state index contributed by atoms with van der Waals surface area (Å²) in [5.74, 6) is -1.72. The van der Waals surface area contributed by atoms with Gasteiger partial charge in [-0.05, 0) is 89.9 Å². The fraction of sp³-hybridized carbons (Fsp3) is 0.868. The Morgan fingerprint density at radius 1 is 0.804 bits per heavy atom. The predicted molar refractivity (Wildman–Crippen MR) is 195 cm³/mol. The molecule has 0 saturated heterocycles. The summed E-state index contributed by atoms with van der Waals surface area (Å²) in [5, 5.41) is 19.3. The van der Waals surface area contributed by atoms with Crippen molar-refractivity contribution in [1.29, 1.82) is 0 Å². The Kier molecular flexibility index (Phi) is 17.1. The highest BCUT2D eigenvalue weighted by Crippen LogP contribution is 2.31. The average molecular weight is 722 g/mol. The zero-order valence-corrected chi connectivity index (χ0v) is 32.3. The fourth-order valence-electron chi connectivity index (χ4n) is 7.93. The Balaban J connectivity index is 1.61. The highest BCUT2D eigenvalue weighted by atomic mass is 16.5. The van der Waals surface area contributed by atoms with Gasteiger partial charge in [-0.2, -0.15) is 0 Å². The molecule has 0 aromatic carbocycles. The molecule has 4 amide bonds. The van der Waals surface area contributed by atoms with Crippen molar-refractivity contribution in [2.75, 3.05) is 40.4 Å². The maximum absolute atomic E-state index is 13.9. The Morgan fingerprint density at radius 2 is 1.47 bits per heavy atom. The molecule has 0 aromatic rings. The number of carboxylic acid groups (broad SMARTS) is 1. The van der Waals surface area contributed by atoms with Crippen LogP contribution in [0, 0.1) is 17.8 Å². The van der Waals surface area contributed by atoms with E-state index in [2.05, 4.69) is 22.9 Å². The third kappa shape index (κ3) is 13.3. The second-order valence-electron chi connectivity index (χ2n) is 16.1. The molecule has 3 fully saturated rings. The van der Waals surface area contributed by atoms with E-state index in [0.29, 0.717) is 25.3 Å². The molecule has 0 heterocycles. The predicted octanol–water partition coefficient (Wildman–Crippen LogP) is 4.12. The van der Waals surface area contributed by atoms with Gasteiger partial charge in [-0.25, -0.2) is 4.79 Å². The van der Waals surface area contributed by atoms with Crippen LogP contribution in [0.4, 0.5) is 4.79 Å². The summed E-state index contributed by atoms with van der Waals surface area (Å²) in [7, 11) is 3.11. The lowest BCUT2D eigenvalue weighted by Crippen LogP contribution is -2.57. The van der Waals surface area contributed by atoms with Crippen LogP contribution in [-0.4, -0.2) is 121 Å². The number of carbonyl (C=O) groups excluding carboxylic acids is 4. The summed E-state index contributed by atoms with van der Waals surface area (Å²) < 4.78 is 11.2. The van der Waals surface area contributed by atoms with Crippen LogP contribution < -0.4 is 16.0 Å². The Bertz CT molecular complexity index is 1160. The zero-order valence-electron chi connectivity index (χ0n) is 32.3. The summed E-state index contributed by atoms with van der Waals surface area (Å²) in [5.41, 5.74) is -0.919. The van der Waals surface area contributed by atoms with Crippen LogP contribution in [0.25, 0.3) is 0 Å². The van der Waals surface area contributed by atoms with E-state index in [0.717, 1.165) is 57.8 Å². The highest BCUT2D eigenvalue weighted by Gasteiger charge is 2.41. The third-order valence-electron chi connectivity index (χ3n) is 11.3. The molecule has 0 aromatic heterocycles. The SMILES string of the molecule is COC1CCCC(C(=O)N(CCC(=O)O)CC(=O)N(CCC(C)C)CC(=O)C(C)(C)NC2CCC(NC(=O)NC3CCCCC3C)CC2)C1OC. The van der Waals surface area contributed by atoms with E-state index in [1.165, 1.54) is 23.3 Å². The summed E-state index contributed by atoms with van der Waals surface area (Å²) in [6.07, 6.45) is 9.44. The van der Waals surface area contributed by atoms with Gasteiger partial charge < -0.3 is 40.3 Å². The van der Waals surface area contributed by atoms with Gasteiger partial charge >= 0.3 is 12.0 Å². The summed E-state index contributed by atoms with van der Waals surface area (Å²) in [6, 6.07) is 0.316. The number of aliphatic carboxylic acids is 1. The summed E-state index contributed by atoms with van der Waals surface area (Å²) >= 11 is 0. The first-order valence-electron chi connectivity index (χ1n) is 19.4. The molecular formula is C38H67N5O8. The monoisotopic (exact) mass is 721 g/mol. The molecule has 5 atom stereocenters. The molecule has 0 radical (unpaired) electrons. The van der Waals surface area contributed by atoms with Crippen LogP contribution in [0.5, 0.6) is 0 Å². The number of ether oxygens (including phenoxy) is 2. The molecule has 0 aliphatic heterocycles. The number of ketones is 1. The fourth-order valence-corrected chi connectivity index (χ4v) is 7.93. The maximum atomic E-state index is 13.9. The molecule has 3 aliphatic carbocycles. The first-order valence-corrected chi connectivity index (χ1v) is 19.4. The number of urea groups is 1. The smallest absolute Gasteiger partial charge is 0.315 e. The number of amides is 4. The Labute approximate surface area is 305 Å². The third-order valence-corrected chi connectivity index (χ3v) is 11.3. The second-order valence-corrected chi connectivity index (χ2v) is 16.1. The second kappa shape index (κ2) is 20.5. The van der Waals surface area contributed by atoms with Crippen molar-refractivity contribution in [1.82, 2.24) is 25.8 Å². The number of methoxy groups -OCH3 is 2. The molecule has 3 saturated carbocycles. The van der Waals surface area contributed by atoms with E-state index in [4.69, 9.17) is 9.47 Å². The highest BCUT2D eigenvalue weighted by molar-refractivity contribution is 5.93. The number of hydrogen-bond acceptors (Lipinski definition) is 8. The van der Waals surface area contributed by atoms with Crippen LogP contribution in [0.15, 0.2) is 0 Å². The molecular weight excluding hydrogens is 654 g/mol. The molecule has 0 bridgehead atoms. The van der Waals surface area contributed by atoms with Gasteiger partial charge in [0.15, 0.2) is 5.78 Å². The van der Waals surface area contributed by atoms with E-state index in [1.807, 2.05) is 27.7 Å². The first-order chi connectivity index (χ1) is 24.1. The first kappa shape index (κ1) is 42.6. The van der Waals surface area contributed by atoms with Crippen molar-refractivity contribution in [2.24, 2.45) is 17.8 Å². The average Bonchev–Trinajstić information content (AvgIpc) is 3.08. The molecule has 13 nitrogen and oxygen atoms in total. The molecule has 5 unspecified atom stereocenters. The van der Waals surface area contributed by atoms with Crippen LogP contribution in [0.3, 0.4) is 0 Å². The molecule has 51 heavy (non-hydrogen) atoms. The number of nitrogens with zero attached hydrogens (tertiary/aromatic N) is 2. The maximum Gasteiger partial charge on any atom is 0.315 e. The van der Waals surface area contributed by atoms with E-state index in [-0.39, 0.29) is 79.8 Å². The number of Topliss-reactive ketones (excluding diaryl/α,β-unsaturated/α-hetero) is 1. The number of nitrogens with one attached hydrogen (secondary N) is 3. The summed E-state index contributed by atoms with van der Waals surface area (Å²) in [4.78, 5) is 68.7. The lowest BCUT2D eigenvalue weighted by atomic mass is 9.83. The molecule has 0 spiro atoms. The van der Waals surface area contributed by atoms with E-state index >= 15 is 0 Å². The summed E-state index contributed by atoms with van der Waals surface area (Å²) in [6.45, 7) is 9.75. The molecule has 3 aliphatic rings. The minimum absolute atomic E-state index is 0.0878. The van der Waals surface area contributed by atoms with Crippen molar-refractivity contribution in [3.63, 3.8) is 0 Å². The Hall–Kier alpha value is -2.77. The van der Waals surface area contributed by atoms with Crippen LogP contribution >= 0.6 is 0 Å². The van der Waals surface area contributed by atoms with E-state index < -0.39 is 23.5 Å². The van der Waals surface area contributed by atoms with Gasteiger partial charge in [-0.3, -0.25) is 19.2 Å². The normalized spacial score (nSPS) is 27.0. The van der Waals surface area contributed by atoms with Crippen LogP contribution in [0.2, 0.25) is 0 Å². The molecule has 13 heteroatoms. The van der Waals surface area contributed by atoms with E-state index in [1.54, 1.807) is 7.11 Å². The van der Waals surface area contributed by atoms with Gasteiger partial charge in [0.05, 0.1) is 43.2 Å².